The molecule has 0 saturated carbocycles. The summed E-state index contributed by atoms with van der Waals surface area (Å²) in [5.74, 6) is 0.292. The van der Waals surface area contributed by atoms with Gasteiger partial charge in [0.1, 0.15) is 11.5 Å². The van der Waals surface area contributed by atoms with Gasteiger partial charge in [-0.2, -0.15) is 0 Å². The normalized spacial score (nSPS) is 10.0. The van der Waals surface area contributed by atoms with E-state index in [1.807, 2.05) is 0 Å². The highest BCUT2D eigenvalue weighted by atomic mass is 16.5. The Labute approximate surface area is 121 Å². The van der Waals surface area contributed by atoms with Crippen molar-refractivity contribution in [3.05, 3.63) is 35.7 Å². The smallest absolute Gasteiger partial charge is 0.354 e. The van der Waals surface area contributed by atoms with E-state index in [0.29, 0.717) is 22.9 Å². The number of carboxylic acid groups (broad SMARTS) is 1. The summed E-state index contributed by atoms with van der Waals surface area (Å²) in [6, 6.07) is 6.59. The van der Waals surface area contributed by atoms with E-state index < -0.39 is 5.97 Å². The summed E-state index contributed by atoms with van der Waals surface area (Å²) in [5.41, 5.74) is 1.12. The minimum absolute atomic E-state index is 0.0696. The monoisotopic (exact) mass is 289 g/mol. The van der Waals surface area contributed by atoms with E-state index in [4.69, 9.17) is 14.6 Å². The summed E-state index contributed by atoms with van der Waals surface area (Å²) < 4.78 is 10.3. The zero-order valence-electron chi connectivity index (χ0n) is 11.9. The maximum Gasteiger partial charge on any atom is 0.354 e. The number of hydrogen-bond acceptors (Lipinski definition) is 6. The van der Waals surface area contributed by atoms with E-state index in [1.165, 1.54) is 6.07 Å². The van der Waals surface area contributed by atoms with Gasteiger partial charge in [0.05, 0.1) is 14.2 Å². The molecule has 0 radical (unpaired) electrons. The third-order valence-corrected chi connectivity index (χ3v) is 2.68. The van der Waals surface area contributed by atoms with Gasteiger partial charge in [-0.05, 0) is 13.0 Å². The molecule has 2 rings (SSSR count). The van der Waals surface area contributed by atoms with Crippen molar-refractivity contribution >= 4 is 17.6 Å². The second-order valence-electron chi connectivity index (χ2n) is 4.25. The van der Waals surface area contributed by atoms with Crippen molar-refractivity contribution in [2.24, 2.45) is 0 Å². The van der Waals surface area contributed by atoms with Crippen molar-refractivity contribution in [3.8, 4) is 11.5 Å². The highest BCUT2D eigenvalue weighted by molar-refractivity contribution is 5.85. The number of methoxy groups -OCH3 is 2. The lowest BCUT2D eigenvalue weighted by Gasteiger charge is -2.10. The third kappa shape index (κ3) is 3.59. The fourth-order valence-corrected chi connectivity index (χ4v) is 1.74. The molecule has 7 nitrogen and oxygen atoms in total. The highest BCUT2D eigenvalue weighted by Gasteiger charge is 2.10. The Balaban J connectivity index is 2.35. The minimum Gasteiger partial charge on any atom is -0.497 e. The fraction of sp³-hybridized carbons (Fsp3) is 0.214. The molecule has 0 fully saturated rings. The molecule has 1 heterocycles. The molecule has 0 aliphatic carbocycles. The zero-order chi connectivity index (χ0) is 15.4. The maximum atomic E-state index is 11.0. The summed E-state index contributed by atoms with van der Waals surface area (Å²) in [4.78, 5) is 19.1. The predicted molar refractivity (Wildman–Crippen MR) is 76.6 cm³/mol. The molecule has 0 amide bonds. The number of aromatic nitrogens is 2. The van der Waals surface area contributed by atoms with Gasteiger partial charge in [-0.3, -0.25) is 0 Å². The van der Waals surface area contributed by atoms with Crippen LogP contribution in [-0.4, -0.2) is 35.3 Å². The molecule has 21 heavy (non-hydrogen) atoms. The number of anilines is 2. The summed E-state index contributed by atoms with van der Waals surface area (Å²) in [6.07, 6.45) is 0. The van der Waals surface area contributed by atoms with Gasteiger partial charge in [-0.15, -0.1) is 0 Å². The largest absolute Gasteiger partial charge is 0.497 e. The predicted octanol–water partition coefficient (Wildman–Crippen LogP) is 2.24. The number of carbonyl (C=O) groups is 1. The topological polar surface area (TPSA) is 93.6 Å². The molecule has 0 atom stereocenters. The molecular formula is C14H15N3O4. The number of nitrogens with zero attached hydrogens (tertiary/aromatic N) is 2. The quantitative estimate of drug-likeness (QED) is 0.871. The van der Waals surface area contributed by atoms with Gasteiger partial charge < -0.3 is 19.9 Å². The van der Waals surface area contributed by atoms with E-state index in [0.717, 1.165) is 0 Å². The van der Waals surface area contributed by atoms with Crippen LogP contribution >= 0.6 is 0 Å². The minimum atomic E-state index is -1.10. The fourth-order valence-electron chi connectivity index (χ4n) is 1.74. The molecule has 1 aromatic carbocycles. The molecule has 0 aliphatic rings. The van der Waals surface area contributed by atoms with Crippen LogP contribution in [0.3, 0.4) is 0 Å². The lowest BCUT2D eigenvalue weighted by atomic mass is 10.2. The van der Waals surface area contributed by atoms with E-state index in [9.17, 15) is 4.79 Å². The number of aromatic carboxylic acids is 1. The van der Waals surface area contributed by atoms with Gasteiger partial charge in [0.2, 0.25) is 5.95 Å². The third-order valence-electron chi connectivity index (χ3n) is 2.68. The van der Waals surface area contributed by atoms with E-state index in [1.54, 1.807) is 39.3 Å². The second kappa shape index (κ2) is 6.08. The molecule has 0 unspecified atom stereocenters. The standard InChI is InChI=1S/C14H15N3O4/c1-8-4-12(13(18)19)17-14(15-8)16-9-5-10(20-2)7-11(6-9)21-3/h4-7H,1-3H3,(H,18,19)(H,15,16,17). The first-order valence-electron chi connectivity index (χ1n) is 6.11. The summed E-state index contributed by atoms with van der Waals surface area (Å²) in [5, 5.41) is 11.9. The van der Waals surface area contributed by atoms with Crippen LogP contribution in [0.25, 0.3) is 0 Å². The molecule has 0 aliphatic heterocycles. The van der Waals surface area contributed by atoms with E-state index in [2.05, 4.69) is 15.3 Å². The lowest BCUT2D eigenvalue weighted by molar-refractivity contribution is 0.0690. The Morgan fingerprint density at radius 1 is 1.10 bits per heavy atom. The first-order chi connectivity index (χ1) is 10.0. The molecule has 7 heteroatoms. The van der Waals surface area contributed by atoms with E-state index >= 15 is 0 Å². The number of aryl methyl sites for hydroxylation is 1. The number of nitrogens with one attached hydrogen (secondary N) is 1. The summed E-state index contributed by atoms with van der Waals surface area (Å²) >= 11 is 0. The van der Waals surface area contributed by atoms with Crippen LogP contribution in [0.15, 0.2) is 24.3 Å². The lowest BCUT2D eigenvalue weighted by Crippen LogP contribution is -2.06. The summed E-state index contributed by atoms with van der Waals surface area (Å²) in [6.45, 7) is 1.70. The van der Waals surface area contributed by atoms with Crippen LogP contribution in [0.2, 0.25) is 0 Å². The van der Waals surface area contributed by atoms with Crippen LogP contribution in [-0.2, 0) is 0 Å². The molecule has 2 aromatic rings. The molecule has 1 aromatic heterocycles. The number of ether oxygens (including phenoxy) is 2. The Hall–Kier alpha value is -2.83. The van der Waals surface area contributed by atoms with Crippen molar-refractivity contribution in [2.45, 2.75) is 6.92 Å². The molecule has 0 saturated heterocycles. The van der Waals surface area contributed by atoms with Crippen molar-refractivity contribution in [2.75, 3.05) is 19.5 Å². The van der Waals surface area contributed by atoms with Gasteiger partial charge in [0.15, 0.2) is 5.69 Å². The zero-order valence-corrected chi connectivity index (χ0v) is 11.9. The van der Waals surface area contributed by atoms with Gasteiger partial charge >= 0.3 is 5.97 Å². The first-order valence-corrected chi connectivity index (χ1v) is 6.11. The van der Waals surface area contributed by atoms with Crippen LogP contribution in [0.4, 0.5) is 11.6 Å². The van der Waals surface area contributed by atoms with Crippen molar-refractivity contribution < 1.29 is 19.4 Å². The van der Waals surface area contributed by atoms with Crippen LogP contribution in [0.5, 0.6) is 11.5 Å². The Bertz CT molecular complexity index is 651. The van der Waals surface area contributed by atoms with Crippen LogP contribution in [0, 0.1) is 6.92 Å². The second-order valence-corrected chi connectivity index (χ2v) is 4.25. The van der Waals surface area contributed by atoms with Crippen molar-refractivity contribution in [1.82, 2.24) is 9.97 Å². The Morgan fingerprint density at radius 2 is 1.71 bits per heavy atom. The summed E-state index contributed by atoms with van der Waals surface area (Å²) in [7, 11) is 3.09. The number of hydrogen-bond donors (Lipinski definition) is 2. The maximum absolute atomic E-state index is 11.0. The Kier molecular flexibility index (Phi) is 4.22. The first kappa shape index (κ1) is 14.6. The van der Waals surface area contributed by atoms with Gasteiger partial charge in [0, 0.05) is 29.6 Å². The number of benzene rings is 1. The average molecular weight is 289 g/mol. The van der Waals surface area contributed by atoms with Crippen LogP contribution < -0.4 is 14.8 Å². The average Bonchev–Trinajstić information content (AvgIpc) is 2.46. The van der Waals surface area contributed by atoms with Gasteiger partial charge in [-0.25, -0.2) is 14.8 Å². The van der Waals surface area contributed by atoms with Gasteiger partial charge in [-0.1, -0.05) is 0 Å². The highest BCUT2D eigenvalue weighted by Crippen LogP contribution is 2.27. The Morgan fingerprint density at radius 3 is 2.24 bits per heavy atom. The van der Waals surface area contributed by atoms with Crippen molar-refractivity contribution in [3.63, 3.8) is 0 Å². The molecule has 0 bridgehead atoms. The number of rotatable bonds is 5. The van der Waals surface area contributed by atoms with Gasteiger partial charge in [0.25, 0.3) is 0 Å². The SMILES string of the molecule is COc1cc(Nc2nc(C)cc(C(=O)O)n2)cc(OC)c1. The molecular weight excluding hydrogens is 274 g/mol. The van der Waals surface area contributed by atoms with Crippen molar-refractivity contribution in [1.29, 1.82) is 0 Å². The van der Waals surface area contributed by atoms with E-state index in [-0.39, 0.29) is 11.6 Å². The van der Waals surface area contributed by atoms with Crippen LogP contribution in [0.1, 0.15) is 16.2 Å². The molecule has 110 valence electrons. The molecule has 2 N–H and O–H groups in total. The number of carboxylic acids is 1. The molecule has 0 spiro atoms.